The van der Waals surface area contributed by atoms with Crippen molar-refractivity contribution in [2.75, 3.05) is 17.8 Å². The number of thioether (sulfide) groups is 1. The number of ether oxygens (including phenoxy) is 1. The van der Waals surface area contributed by atoms with Gasteiger partial charge in [-0.25, -0.2) is 4.68 Å². The van der Waals surface area contributed by atoms with Crippen LogP contribution in [0.2, 0.25) is 0 Å². The first kappa shape index (κ1) is 11.3. The van der Waals surface area contributed by atoms with Crippen LogP contribution < -0.4 is 5.43 Å². The van der Waals surface area contributed by atoms with Crippen LogP contribution in [0, 0.1) is 5.92 Å². The Labute approximate surface area is 105 Å². The fourth-order valence-electron chi connectivity index (χ4n) is 2.19. The molecule has 0 spiro atoms. The van der Waals surface area contributed by atoms with E-state index in [2.05, 4.69) is 29.5 Å². The monoisotopic (exact) mass is 254 g/mol. The molecule has 0 aliphatic carbocycles. The van der Waals surface area contributed by atoms with Gasteiger partial charge in [-0.2, -0.15) is 0 Å². The van der Waals surface area contributed by atoms with Crippen LogP contribution in [0.5, 0.6) is 0 Å². The van der Waals surface area contributed by atoms with Gasteiger partial charge in [0.15, 0.2) is 5.82 Å². The molecule has 0 bridgehead atoms. The highest BCUT2D eigenvalue weighted by Crippen LogP contribution is 2.31. The summed E-state index contributed by atoms with van der Waals surface area (Å²) in [6.45, 7) is 5.31. The number of hydrogen-bond acceptors (Lipinski definition) is 5. The highest BCUT2D eigenvalue weighted by Gasteiger charge is 2.30. The van der Waals surface area contributed by atoms with Gasteiger partial charge in [-0.15, -0.1) is 10.2 Å². The first-order chi connectivity index (χ1) is 8.25. The van der Waals surface area contributed by atoms with Gasteiger partial charge in [0.25, 0.3) is 0 Å². The normalized spacial score (nSPS) is 28.2. The molecule has 17 heavy (non-hydrogen) atoms. The van der Waals surface area contributed by atoms with Crippen LogP contribution in [0.4, 0.5) is 0 Å². The maximum absolute atomic E-state index is 5.69. The van der Waals surface area contributed by atoms with E-state index in [1.54, 1.807) is 11.8 Å². The molecule has 94 valence electrons. The van der Waals surface area contributed by atoms with Crippen molar-refractivity contribution in [3.8, 4) is 0 Å². The maximum atomic E-state index is 5.69. The molecule has 0 aromatic carbocycles. The van der Waals surface area contributed by atoms with Crippen molar-refractivity contribution in [3.05, 3.63) is 5.82 Å². The van der Waals surface area contributed by atoms with E-state index >= 15 is 0 Å². The fraction of sp³-hybridized carbons (Fsp3) is 0.818. The van der Waals surface area contributed by atoms with Gasteiger partial charge >= 0.3 is 0 Å². The maximum Gasteiger partial charge on any atom is 0.210 e. The first-order valence-electron chi connectivity index (χ1n) is 6.22. The number of aromatic nitrogens is 3. The Hall–Kier alpha value is -0.750. The average Bonchev–Trinajstić information content (AvgIpc) is 2.96. The summed E-state index contributed by atoms with van der Waals surface area (Å²) in [6, 6.07) is 0.476. The number of nitrogens with zero attached hydrogens (tertiary/aromatic N) is 3. The lowest BCUT2D eigenvalue weighted by Crippen LogP contribution is -2.39. The Kier molecular flexibility index (Phi) is 3.00. The Balaban J connectivity index is 1.85. The van der Waals surface area contributed by atoms with Crippen LogP contribution >= 0.6 is 11.8 Å². The Morgan fingerprint density at radius 2 is 2.35 bits per heavy atom. The molecule has 0 saturated carbocycles. The van der Waals surface area contributed by atoms with Crippen molar-refractivity contribution in [3.63, 3.8) is 0 Å². The second kappa shape index (κ2) is 4.49. The Bertz CT molecular complexity index is 400. The molecule has 2 aliphatic rings. The molecule has 2 atom stereocenters. The Morgan fingerprint density at radius 1 is 1.47 bits per heavy atom. The van der Waals surface area contributed by atoms with Crippen molar-refractivity contribution < 1.29 is 4.74 Å². The van der Waals surface area contributed by atoms with E-state index in [1.807, 2.05) is 4.68 Å². The summed E-state index contributed by atoms with van der Waals surface area (Å²) in [5.74, 6) is 2.60. The summed E-state index contributed by atoms with van der Waals surface area (Å²) in [5, 5.41) is 9.47. The van der Waals surface area contributed by atoms with Crippen molar-refractivity contribution in [2.45, 2.75) is 44.0 Å². The second-order valence-electron chi connectivity index (χ2n) is 4.97. The van der Waals surface area contributed by atoms with Gasteiger partial charge in [-0.3, -0.25) is 0 Å². The molecule has 0 amide bonds. The van der Waals surface area contributed by atoms with Gasteiger partial charge in [-0.05, 0) is 18.8 Å². The molecule has 5 nitrogen and oxygen atoms in total. The van der Waals surface area contributed by atoms with Gasteiger partial charge in [0.1, 0.15) is 6.10 Å². The van der Waals surface area contributed by atoms with Crippen LogP contribution in [-0.2, 0) is 4.74 Å². The van der Waals surface area contributed by atoms with Gasteiger partial charge in [-0.1, -0.05) is 25.6 Å². The molecule has 6 heteroatoms. The number of fused-ring (bicyclic) bond motifs is 1. The van der Waals surface area contributed by atoms with E-state index in [1.165, 1.54) is 0 Å². The van der Waals surface area contributed by atoms with Gasteiger partial charge in [0.05, 0.1) is 6.04 Å². The van der Waals surface area contributed by atoms with Crippen molar-refractivity contribution in [1.29, 1.82) is 0 Å². The van der Waals surface area contributed by atoms with Gasteiger partial charge < -0.3 is 10.2 Å². The SMILES string of the molecule is CC(C)C1CSc2nnc(C3CCCO3)n2N1. The number of hydrogen-bond donors (Lipinski definition) is 1. The average molecular weight is 254 g/mol. The molecule has 1 N–H and O–H groups in total. The minimum atomic E-state index is 0.121. The predicted octanol–water partition coefficient (Wildman–Crippen LogP) is 1.80. The van der Waals surface area contributed by atoms with E-state index in [-0.39, 0.29) is 6.10 Å². The van der Waals surface area contributed by atoms with Crippen molar-refractivity contribution in [2.24, 2.45) is 5.92 Å². The van der Waals surface area contributed by atoms with Crippen molar-refractivity contribution >= 4 is 11.8 Å². The van der Waals surface area contributed by atoms with Crippen LogP contribution in [0.1, 0.15) is 38.6 Å². The third kappa shape index (κ3) is 2.04. The smallest absolute Gasteiger partial charge is 0.210 e. The molecule has 2 aliphatic heterocycles. The summed E-state index contributed by atoms with van der Waals surface area (Å²) in [5.41, 5.74) is 3.51. The van der Waals surface area contributed by atoms with E-state index < -0.39 is 0 Å². The zero-order valence-corrected chi connectivity index (χ0v) is 11.0. The van der Waals surface area contributed by atoms with Crippen LogP contribution in [0.15, 0.2) is 5.16 Å². The topological polar surface area (TPSA) is 52.0 Å². The molecule has 0 radical (unpaired) electrons. The lowest BCUT2D eigenvalue weighted by molar-refractivity contribution is 0.102. The van der Waals surface area contributed by atoms with Crippen LogP contribution in [0.25, 0.3) is 0 Å². The van der Waals surface area contributed by atoms with Crippen LogP contribution in [0.3, 0.4) is 0 Å². The summed E-state index contributed by atoms with van der Waals surface area (Å²) >= 11 is 1.78. The van der Waals surface area contributed by atoms with Gasteiger partial charge in [0, 0.05) is 12.4 Å². The van der Waals surface area contributed by atoms with E-state index in [4.69, 9.17) is 4.74 Å². The lowest BCUT2D eigenvalue weighted by Gasteiger charge is -2.29. The quantitative estimate of drug-likeness (QED) is 0.872. The third-order valence-electron chi connectivity index (χ3n) is 3.37. The largest absolute Gasteiger partial charge is 0.370 e. The second-order valence-corrected chi connectivity index (χ2v) is 5.96. The minimum absolute atomic E-state index is 0.121. The molecule has 1 aromatic heterocycles. The van der Waals surface area contributed by atoms with E-state index in [9.17, 15) is 0 Å². The van der Waals surface area contributed by atoms with E-state index in [0.717, 1.165) is 36.2 Å². The molecule has 3 rings (SSSR count). The number of rotatable bonds is 2. The van der Waals surface area contributed by atoms with Crippen molar-refractivity contribution in [1.82, 2.24) is 14.9 Å². The summed E-state index contributed by atoms with van der Waals surface area (Å²) in [7, 11) is 0. The molecule has 1 fully saturated rings. The molecule has 3 heterocycles. The molecular formula is C11H18N4OS. The molecule has 2 unspecified atom stereocenters. The van der Waals surface area contributed by atoms with E-state index in [0.29, 0.717) is 12.0 Å². The predicted molar refractivity (Wildman–Crippen MR) is 66.7 cm³/mol. The summed E-state index contributed by atoms with van der Waals surface area (Å²) in [6.07, 6.45) is 2.29. The zero-order valence-electron chi connectivity index (χ0n) is 10.2. The highest BCUT2D eigenvalue weighted by molar-refractivity contribution is 7.99. The summed E-state index contributed by atoms with van der Waals surface area (Å²) < 4.78 is 7.72. The number of nitrogens with one attached hydrogen (secondary N) is 1. The van der Waals surface area contributed by atoms with Gasteiger partial charge in [0.2, 0.25) is 5.16 Å². The van der Waals surface area contributed by atoms with Crippen LogP contribution in [-0.4, -0.2) is 33.3 Å². The lowest BCUT2D eigenvalue weighted by atomic mass is 10.1. The highest BCUT2D eigenvalue weighted by atomic mass is 32.2. The molecular weight excluding hydrogens is 236 g/mol. The first-order valence-corrected chi connectivity index (χ1v) is 7.20. The third-order valence-corrected chi connectivity index (χ3v) is 4.42. The fourth-order valence-corrected chi connectivity index (χ4v) is 3.36. The standard InChI is InChI=1S/C11H18N4OS/c1-7(2)8-6-17-11-13-12-10(15(11)14-8)9-4-3-5-16-9/h7-9,14H,3-6H2,1-2H3. The minimum Gasteiger partial charge on any atom is -0.370 e. The molecule has 1 saturated heterocycles. The Morgan fingerprint density at radius 3 is 3.06 bits per heavy atom. The zero-order chi connectivity index (χ0) is 11.8. The summed E-state index contributed by atoms with van der Waals surface area (Å²) in [4.78, 5) is 0. The molecule has 1 aromatic rings.